The second-order valence-corrected chi connectivity index (χ2v) is 5.31. The number of halogens is 1. The maximum atomic E-state index is 9.86. The van der Waals surface area contributed by atoms with Crippen molar-refractivity contribution in [2.45, 2.75) is 26.4 Å². The van der Waals surface area contributed by atoms with E-state index in [-0.39, 0.29) is 5.84 Å². The zero-order chi connectivity index (χ0) is 13.9. The highest BCUT2D eigenvalue weighted by Crippen LogP contribution is 2.24. The predicted molar refractivity (Wildman–Crippen MR) is 76.7 cm³/mol. The van der Waals surface area contributed by atoms with Crippen molar-refractivity contribution < 1.29 is 5.11 Å². The highest BCUT2D eigenvalue weighted by Gasteiger charge is 2.18. The van der Waals surface area contributed by atoms with Gasteiger partial charge in [-0.25, -0.2) is 0 Å². The number of aliphatic hydroxyl groups is 1. The Balaban J connectivity index is 3.01. The molecule has 0 atom stereocenters. The lowest BCUT2D eigenvalue weighted by Gasteiger charge is -2.30. The Kier molecular flexibility index (Phi) is 4.59. The van der Waals surface area contributed by atoms with Gasteiger partial charge >= 0.3 is 0 Å². The molecule has 1 rings (SSSR count). The maximum absolute atomic E-state index is 9.86. The molecule has 1 aromatic carbocycles. The Morgan fingerprint density at radius 3 is 2.50 bits per heavy atom. The summed E-state index contributed by atoms with van der Waals surface area (Å²) in [4.78, 5) is 2.02. The van der Waals surface area contributed by atoms with Crippen LogP contribution in [0.25, 0.3) is 0 Å². The molecule has 100 valence electrons. The number of likely N-dealkylation sites (N-methyl/N-ethyl adjacent to an activating group) is 1. The van der Waals surface area contributed by atoms with Crippen molar-refractivity contribution in [3.8, 4) is 0 Å². The van der Waals surface area contributed by atoms with Crippen LogP contribution >= 0.6 is 11.6 Å². The highest BCUT2D eigenvalue weighted by molar-refractivity contribution is 6.34. The van der Waals surface area contributed by atoms with Crippen LogP contribution in [0.15, 0.2) is 18.2 Å². The van der Waals surface area contributed by atoms with Gasteiger partial charge in [-0.05, 0) is 39.0 Å². The van der Waals surface area contributed by atoms with E-state index in [0.29, 0.717) is 17.1 Å². The molecule has 0 fully saturated rings. The summed E-state index contributed by atoms with van der Waals surface area (Å²) in [5.41, 5.74) is 6.08. The van der Waals surface area contributed by atoms with Crippen LogP contribution in [0.3, 0.4) is 0 Å². The minimum absolute atomic E-state index is 0.0444. The summed E-state index contributed by atoms with van der Waals surface area (Å²) in [6, 6.07) is 5.36. The number of hydrogen-bond donors (Lipinski definition) is 3. The summed E-state index contributed by atoms with van der Waals surface area (Å²) in [5.74, 6) is -0.0444. The molecule has 0 bridgehead atoms. The standard InChI is InChI=1S/C13H20ClN3O/c1-4-17(8-13(2,3)18)9-5-6-10(12(15)16)11(14)7-9/h5-7,18H,4,8H2,1-3H3,(H3,15,16). The first kappa shape index (κ1) is 14.8. The summed E-state index contributed by atoms with van der Waals surface area (Å²) in [7, 11) is 0. The minimum atomic E-state index is -0.776. The summed E-state index contributed by atoms with van der Waals surface area (Å²) in [6.07, 6.45) is 0. The number of nitrogens with zero attached hydrogens (tertiary/aromatic N) is 1. The van der Waals surface area contributed by atoms with Crippen molar-refractivity contribution in [3.63, 3.8) is 0 Å². The molecule has 4 nitrogen and oxygen atoms in total. The first-order valence-corrected chi connectivity index (χ1v) is 6.23. The number of amidine groups is 1. The predicted octanol–water partition coefficient (Wildman–Crippen LogP) is 2.22. The number of nitrogens with one attached hydrogen (secondary N) is 1. The van der Waals surface area contributed by atoms with Crippen molar-refractivity contribution in [1.82, 2.24) is 0 Å². The summed E-state index contributed by atoms with van der Waals surface area (Å²) < 4.78 is 0. The summed E-state index contributed by atoms with van der Waals surface area (Å²) in [5, 5.41) is 17.7. The van der Waals surface area contributed by atoms with E-state index >= 15 is 0 Å². The largest absolute Gasteiger partial charge is 0.389 e. The lowest BCUT2D eigenvalue weighted by Crippen LogP contribution is -2.38. The van der Waals surface area contributed by atoms with Crippen molar-refractivity contribution in [2.75, 3.05) is 18.0 Å². The smallest absolute Gasteiger partial charge is 0.124 e. The maximum Gasteiger partial charge on any atom is 0.124 e. The van der Waals surface area contributed by atoms with Crippen molar-refractivity contribution in [3.05, 3.63) is 28.8 Å². The third-order valence-corrected chi connectivity index (χ3v) is 2.88. The molecule has 0 heterocycles. The van der Waals surface area contributed by atoms with Crippen LogP contribution in [-0.2, 0) is 0 Å². The lowest BCUT2D eigenvalue weighted by atomic mass is 10.1. The van der Waals surface area contributed by atoms with Crippen LogP contribution in [0.4, 0.5) is 5.69 Å². The molecule has 0 aliphatic carbocycles. The molecule has 0 aromatic heterocycles. The van der Waals surface area contributed by atoms with Crippen LogP contribution in [0, 0.1) is 5.41 Å². The molecule has 18 heavy (non-hydrogen) atoms. The molecule has 0 radical (unpaired) electrons. The fraction of sp³-hybridized carbons (Fsp3) is 0.462. The fourth-order valence-electron chi connectivity index (χ4n) is 1.77. The molecule has 0 aliphatic rings. The van der Waals surface area contributed by atoms with E-state index in [0.717, 1.165) is 12.2 Å². The van der Waals surface area contributed by atoms with E-state index in [1.807, 2.05) is 17.9 Å². The average Bonchev–Trinajstić information content (AvgIpc) is 2.24. The topological polar surface area (TPSA) is 73.3 Å². The SMILES string of the molecule is CCN(CC(C)(C)O)c1ccc(C(=N)N)c(Cl)c1. The lowest BCUT2D eigenvalue weighted by molar-refractivity contribution is 0.0876. The van der Waals surface area contributed by atoms with Gasteiger partial charge in [0.2, 0.25) is 0 Å². The second kappa shape index (κ2) is 5.59. The molecule has 0 unspecified atom stereocenters. The van der Waals surface area contributed by atoms with Gasteiger partial charge < -0.3 is 15.7 Å². The molecular weight excluding hydrogens is 250 g/mol. The van der Waals surface area contributed by atoms with Gasteiger partial charge in [-0.3, -0.25) is 5.41 Å². The molecule has 5 heteroatoms. The van der Waals surface area contributed by atoms with Crippen LogP contribution in [0.5, 0.6) is 0 Å². The molecule has 0 saturated carbocycles. The Bertz CT molecular complexity index is 440. The van der Waals surface area contributed by atoms with Crippen LogP contribution in [-0.4, -0.2) is 29.6 Å². The van der Waals surface area contributed by atoms with Gasteiger partial charge in [-0.15, -0.1) is 0 Å². The van der Waals surface area contributed by atoms with Gasteiger partial charge in [0.15, 0.2) is 0 Å². The first-order chi connectivity index (χ1) is 8.24. The minimum Gasteiger partial charge on any atom is -0.389 e. The number of anilines is 1. The number of nitrogen functional groups attached to an aromatic ring is 1. The quantitative estimate of drug-likeness (QED) is 0.567. The van der Waals surface area contributed by atoms with Gasteiger partial charge in [0.1, 0.15) is 5.84 Å². The molecule has 1 aromatic rings. The second-order valence-electron chi connectivity index (χ2n) is 4.90. The number of benzene rings is 1. The Morgan fingerprint density at radius 1 is 1.50 bits per heavy atom. The Morgan fingerprint density at radius 2 is 2.11 bits per heavy atom. The molecule has 0 spiro atoms. The van der Waals surface area contributed by atoms with Crippen LogP contribution in [0.1, 0.15) is 26.3 Å². The molecule has 0 amide bonds. The number of nitrogens with two attached hydrogens (primary N) is 1. The zero-order valence-electron chi connectivity index (χ0n) is 11.0. The van der Waals surface area contributed by atoms with Gasteiger partial charge in [-0.2, -0.15) is 0 Å². The Labute approximate surface area is 113 Å². The number of hydrogen-bond acceptors (Lipinski definition) is 3. The van der Waals surface area contributed by atoms with Crippen LogP contribution < -0.4 is 10.6 Å². The van der Waals surface area contributed by atoms with Gasteiger partial charge in [-0.1, -0.05) is 11.6 Å². The van der Waals surface area contributed by atoms with Crippen LogP contribution in [0.2, 0.25) is 5.02 Å². The van der Waals surface area contributed by atoms with Crippen molar-refractivity contribution in [1.29, 1.82) is 5.41 Å². The zero-order valence-corrected chi connectivity index (χ0v) is 11.8. The first-order valence-electron chi connectivity index (χ1n) is 5.86. The average molecular weight is 270 g/mol. The van der Waals surface area contributed by atoms with Gasteiger partial charge in [0.25, 0.3) is 0 Å². The highest BCUT2D eigenvalue weighted by atomic mass is 35.5. The van der Waals surface area contributed by atoms with E-state index in [9.17, 15) is 5.11 Å². The third kappa shape index (κ3) is 3.89. The summed E-state index contributed by atoms with van der Waals surface area (Å²) in [6.45, 7) is 6.82. The van der Waals surface area contributed by atoms with E-state index in [2.05, 4.69) is 0 Å². The number of rotatable bonds is 5. The molecule has 4 N–H and O–H groups in total. The van der Waals surface area contributed by atoms with E-state index in [1.54, 1.807) is 26.0 Å². The van der Waals surface area contributed by atoms with E-state index in [4.69, 9.17) is 22.7 Å². The van der Waals surface area contributed by atoms with Gasteiger partial charge in [0, 0.05) is 24.3 Å². The molecule has 0 saturated heterocycles. The van der Waals surface area contributed by atoms with E-state index in [1.165, 1.54) is 0 Å². The van der Waals surface area contributed by atoms with Gasteiger partial charge in [0.05, 0.1) is 10.6 Å². The Hall–Kier alpha value is -1.26. The molecule has 0 aliphatic heterocycles. The third-order valence-electron chi connectivity index (χ3n) is 2.57. The monoisotopic (exact) mass is 269 g/mol. The van der Waals surface area contributed by atoms with Crippen molar-refractivity contribution in [2.24, 2.45) is 5.73 Å². The van der Waals surface area contributed by atoms with E-state index < -0.39 is 5.60 Å². The fourth-order valence-corrected chi connectivity index (χ4v) is 2.05. The molecular formula is C13H20ClN3O. The summed E-state index contributed by atoms with van der Waals surface area (Å²) >= 11 is 6.09. The normalized spacial score (nSPS) is 11.4. The van der Waals surface area contributed by atoms with Crippen molar-refractivity contribution >= 4 is 23.1 Å².